The largest absolute Gasteiger partial charge is 0.274 e. The topological polar surface area (TPSA) is 50.3 Å². The number of aromatic nitrogens is 1. The van der Waals surface area contributed by atoms with Crippen LogP contribution in [0.4, 0.5) is 19.0 Å². The van der Waals surface area contributed by atoms with Crippen LogP contribution in [0.2, 0.25) is 0 Å². The SMILES string of the molecule is CC(=O)N(C(C)=O)c1ncc(C2CCCC2(F)F)cc1F. The fraction of sp³-hybridized carbons (Fsp3) is 0.500. The number of rotatable bonds is 2. The molecule has 0 bridgehead atoms. The molecule has 1 aliphatic rings. The van der Waals surface area contributed by atoms with E-state index in [0.717, 1.165) is 26.1 Å². The molecule has 1 aromatic rings. The van der Waals surface area contributed by atoms with Gasteiger partial charge >= 0.3 is 0 Å². The van der Waals surface area contributed by atoms with Crippen molar-refractivity contribution in [1.82, 2.24) is 4.98 Å². The molecule has 0 aliphatic heterocycles. The Labute approximate surface area is 120 Å². The number of alkyl halides is 2. The molecule has 7 heteroatoms. The van der Waals surface area contributed by atoms with E-state index in [1.807, 2.05) is 0 Å². The number of nitrogens with zero attached hydrogens (tertiary/aromatic N) is 2. The van der Waals surface area contributed by atoms with Crippen molar-refractivity contribution in [3.05, 3.63) is 23.6 Å². The van der Waals surface area contributed by atoms with Gasteiger partial charge in [0.05, 0.1) is 0 Å². The third-order valence-electron chi connectivity index (χ3n) is 3.60. The monoisotopic (exact) mass is 300 g/mol. The molecule has 2 rings (SSSR count). The van der Waals surface area contributed by atoms with Gasteiger partial charge in [0.15, 0.2) is 11.6 Å². The lowest BCUT2D eigenvalue weighted by atomic mass is 9.96. The Bertz CT molecular complexity index is 576. The molecule has 1 saturated carbocycles. The normalized spacial score (nSPS) is 20.3. The zero-order chi connectivity index (χ0) is 15.8. The summed E-state index contributed by atoms with van der Waals surface area (Å²) >= 11 is 0. The number of imide groups is 1. The Morgan fingerprint density at radius 3 is 2.38 bits per heavy atom. The van der Waals surface area contributed by atoms with Gasteiger partial charge in [0.2, 0.25) is 11.8 Å². The highest BCUT2D eigenvalue weighted by molar-refractivity contribution is 6.12. The van der Waals surface area contributed by atoms with Crippen molar-refractivity contribution in [3.63, 3.8) is 0 Å². The summed E-state index contributed by atoms with van der Waals surface area (Å²) in [5, 5.41) is 0. The maximum atomic E-state index is 14.1. The summed E-state index contributed by atoms with van der Waals surface area (Å²) in [7, 11) is 0. The molecule has 0 radical (unpaired) electrons. The number of halogens is 3. The number of carbonyl (C=O) groups is 2. The second-order valence-corrected chi connectivity index (χ2v) is 5.15. The Kier molecular flexibility index (Phi) is 4.02. The Balaban J connectivity index is 2.38. The van der Waals surface area contributed by atoms with Crippen LogP contribution in [0.1, 0.15) is 44.6 Å². The van der Waals surface area contributed by atoms with Crippen LogP contribution in [0.15, 0.2) is 12.3 Å². The quantitative estimate of drug-likeness (QED) is 0.843. The highest BCUT2D eigenvalue weighted by Gasteiger charge is 2.45. The second-order valence-electron chi connectivity index (χ2n) is 5.15. The van der Waals surface area contributed by atoms with Crippen molar-refractivity contribution in [2.75, 3.05) is 4.90 Å². The van der Waals surface area contributed by atoms with Gasteiger partial charge in [0.1, 0.15) is 0 Å². The van der Waals surface area contributed by atoms with E-state index in [9.17, 15) is 22.8 Å². The first-order valence-electron chi connectivity index (χ1n) is 6.58. The zero-order valence-corrected chi connectivity index (χ0v) is 11.7. The molecule has 1 aliphatic carbocycles. The predicted octanol–water partition coefficient (Wildman–Crippen LogP) is 3.02. The molecule has 1 fully saturated rings. The first-order chi connectivity index (χ1) is 9.74. The molecule has 1 aromatic heterocycles. The second kappa shape index (κ2) is 5.46. The predicted molar refractivity (Wildman–Crippen MR) is 69.6 cm³/mol. The van der Waals surface area contributed by atoms with Crippen molar-refractivity contribution in [3.8, 4) is 0 Å². The minimum atomic E-state index is -2.88. The highest BCUT2D eigenvalue weighted by atomic mass is 19.3. The fourth-order valence-electron chi connectivity index (χ4n) is 2.66. The van der Waals surface area contributed by atoms with Crippen molar-refractivity contribution in [1.29, 1.82) is 0 Å². The number of anilines is 1. The third-order valence-corrected chi connectivity index (χ3v) is 3.60. The maximum absolute atomic E-state index is 14.1. The van der Waals surface area contributed by atoms with Crippen molar-refractivity contribution >= 4 is 17.6 Å². The molecule has 114 valence electrons. The Hall–Kier alpha value is -1.92. The van der Waals surface area contributed by atoms with Gasteiger partial charge in [-0.3, -0.25) is 9.59 Å². The lowest BCUT2D eigenvalue weighted by molar-refractivity contribution is -0.124. The average molecular weight is 300 g/mol. The number of hydrogen-bond donors (Lipinski definition) is 0. The summed E-state index contributed by atoms with van der Waals surface area (Å²) in [5.74, 6) is -6.74. The summed E-state index contributed by atoms with van der Waals surface area (Å²) < 4.78 is 41.4. The van der Waals surface area contributed by atoms with E-state index < -0.39 is 35.3 Å². The lowest BCUT2D eigenvalue weighted by Crippen LogP contribution is -2.34. The minimum Gasteiger partial charge on any atom is -0.274 e. The first kappa shape index (κ1) is 15.5. The first-order valence-corrected chi connectivity index (χ1v) is 6.58. The van der Waals surface area contributed by atoms with E-state index in [2.05, 4.69) is 4.98 Å². The van der Waals surface area contributed by atoms with Gasteiger partial charge in [0, 0.05) is 32.4 Å². The summed E-state index contributed by atoms with van der Waals surface area (Å²) in [6.45, 7) is 2.20. The van der Waals surface area contributed by atoms with Gasteiger partial charge in [-0.05, 0) is 24.5 Å². The van der Waals surface area contributed by atoms with E-state index in [-0.39, 0.29) is 18.4 Å². The van der Waals surface area contributed by atoms with Gasteiger partial charge in [-0.2, -0.15) is 0 Å². The Morgan fingerprint density at radius 2 is 1.95 bits per heavy atom. The average Bonchev–Trinajstić information content (AvgIpc) is 2.70. The molecule has 4 nitrogen and oxygen atoms in total. The van der Waals surface area contributed by atoms with Crippen molar-refractivity contribution < 1.29 is 22.8 Å². The fourth-order valence-corrected chi connectivity index (χ4v) is 2.66. The van der Waals surface area contributed by atoms with Crippen LogP contribution in [-0.4, -0.2) is 22.7 Å². The standard InChI is InChI=1S/C14H15F3N2O2/c1-8(20)19(9(2)21)13-12(15)6-10(7-18-13)11-4-3-5-14(11,16)17/h6-7,11H,3-5H2,1-2H3. The van der Waals surface area contributed by atoms with E-state index in [0.29, 0.717) is 11.3 Å². The molecule has 0 aromatic carbocycles. The van der Waals surface area contributed by atoms with Crippen LogP contribution in [0.25, 0.3) is 0 Å². The molecule has 2 amide bonds. The number of amides is 2. The van der Waals surface area contributed by atoms with Gasteiger partial charge in [-0.15, -0.1) is 0 Å². The summed E-state index contributed by atoms with van der Waals surface area (Å²) in [5.41, 5.74) is 0.0887. The molecule has 1 atom stereocenters. The molecule has 0 N–H and O–H groups in total. The zero-order valence-electron chi connectivity index (χ0n) is 11.7. The van der Waals surface area contributed by atoms with E-state index in [1.54, 1.807) is 0 Å². The molecule has 1 unspecified atom stereocenters. The van der Waals surface area contributed by atoms with Crippen LogP contribution >= 0.6 is 0 Å². The van der Waals surface area contributed by atoms with Crippen LogP contribution < -0.4 is 4.90 Å². The number of hydrogen-bond acceptors (Lipinski definition) is 3. The minimum absolute atomic E-state index is 0.0887. The molecule has 21 heavy (non-hydrogen) atoms. The summed E-state index contributed by atoms with van der Waals surface area (Å²) in [6, 6.07) is 0.936. The van der Waals surface area contributed by atoms with Crippen LogP contribution in [0.5, 0.6) is 0 Å². The molecular weight excluding hydrogens is 285 g/mol. The van der Waals surface area contributed by atoms with E-state index in [1.165, 1.54) is 0 Å². The Morgan fingerprint density at radius 1 is 1.33 bits per heavy atom. The van der Waals surface area contributed by atoms with Crippen LogP contribution in [0, 0.1) is 5.82 Å². The van der Waals surface area contributed by atoms with Crippen LogP contribution in [-0.2, 0) is 9.59 Å². The van der Waals surface area contributed by atoms with E-state index in [4.69, 9.17) is 0 Å². The van der Waals surface area contributed by atoms with Gasteiger partial charge in [0.25, 0.3) is 5.92 Å². The molecular formula is C14H15F3N2O2. The van der Waals surface area contributed by atoms with Gasteiger partial charge in [-0.25, -0.2) is 23.1 Å². The molecule has 1 heterocycles. The third kappa shape index (κ3) is 2.91. The molecule has 0 saturated heterocycles. The number of carbonyl (C=O) groups excluding carboxylic acids is 2. The van der Waals surface area contributed by atoms with Crippen molar-refractivity contribution in [2.45, 2.75) is 45.0 Å². The summed E-state index contributed by atoms with van der Waals surface area (Å²) in [4.78, 5) is 27.0. The smallest absolute Gasteiger partial charge is 0.254 e. The summed E-state index contributed by atoms with van der Waals surface area (Å²) in [6.07, 6.45) is 1.51. The van der Waals surface area contributed by atoms with Gasteiger partial charge in [-0.1, -0.05) is 0 Å². The number of pyridine rings is 1. The molecule has 0 spiro atoms. The van der Waals surface area contributed by atoms with E-state index >= 15 is 0 Å². The van der Waals surface area contributed by atoms with Gasteiger partial charge < -0.3 is 0 Å². The van der Waals surface area contributed by atoms with Crippen molar-refractivity contribution in [2.24, 2.45) is 0 Å². The lowest BCUT2D eigenvalue weighted by Gasteiger charge is -2.21. The maximum Gasteiger partial charge on any atom is 0.254 e. The highest BCUT2D eigenvalue weighted by Crippen LogP contribution is 2.46. The van der Waals surface area contributed by atoms with Crippen LogP contribution in [0.3, 0.4) is 0 Å².